The monoisotopic (exact) mass is 192 g/mol. The van der Waals surface area contributed by atoms with E-state index in [1.807, 2.05) is 0 Å². The van der Waals surface area contributed by atoms with Crippen LogP contribution in [0, 0.1) is 0 Å². The third kappa shape index (κ3) is 1.50. The van der Waals surface area contributed by atoms with Gasteiger partial charge in [0.15, 0.2) is 0 Å². The summed E-state index contributed by atoms with van der Waals surface area (Å²) >= 11 is 0. The molecule has 0 saturated heterocycles. The Morgan fingerprint density at radius 1 is 1.50 bits per heavy atom. The third-order valence-electron chi connectivity index (χ3n) is 1.56. The fourth-order valence-corrected chi connectivity index (χ4v) is 1.33. The van der Waals surface area contributed by atoms with Crippen molar-refractivity contribution in [3.05, 3.63) is 24.0 Å². The molecule has 6 heteroatoms. The van der Waals surface area contributed by atoms with Crippen LogP contribution in [0.5, 0.6) is 0 Å². The number of hydrogen-bond acceptors (Lipinski definition) is 4. The standard InChI is InChI=1S/C6H8O5S/c7-5-1-3-6(8,4-2-5)12(9,10)11/h1-3,7-8H,4H2,(H,9,10,11). The van der Waals surface area contributed by atoms with Gasteiger partial charge in [0.1, 0.15) is 5.76 Å². The Balaban J connectivity index is 3.02. The van der Waals surface area contributed by atoms with Crippen LogP contribution in [-0.2, 0) is 10.1 Å². The van der Waals surface area contributed by atoms with E-state index in [0.717, 1.165) is 18.2 Å². The van der Waals surface area contributed by atoms with Crippen molar-refractivity contribution in [2.45, 2.75) is 11.4 Å². The van der Waals surface area contributed by atoms with Gasteiger partial charge >= 0.3 is 0 Å². The highest BCUT2D eigenvalue weighted by atomic mass is 32.2. The van der Waals surface area contributed by atoms with Crippen molar-refractivity contribution in [1.82, 2.24) is 0 Å². The van der Waals surface area contributed by atoms with Crippen molar-refractivity contribution in [2.24, 2.45) is 0 Å². The van der Waals surface area contributed by atoms with E-state index in [1.54, 1.807) is 0 Å². The van der Waals surface area contributed by atoms with Crippen LogP contribution in [0.15, 0.2) is 24.0 Å². The maximum absolute atomic E-state index is 10.6. The number of aliphatic hydroxyl groups excluding tert-OH is 1. The molecule has 1 atom stereocenters. The van der Waals surface area contributed by atoms with Gasteiger partial charge in [0.2, 0.25) is 4.93 Å². The fourth-order valence-electron chi connectivity index (χ4n) is 0.794. The molecule has 68 valence electrons. The molecule has 0 heterocycles. The van der Waals surface area contributed by atoms with Crippen LogP contribution in [-0.4, -0.2) is 28.1 Å². The number of allylic oxidation sites excluding steroid dienone is 1. The van der Waals surface area contributed by atoms with E-state index in [4.69, 9.17) is 9.66 Å². The van der Waals surface area contributed by atoms with Gasteiger partial charge in [0.05, 0.1) is 0 Å². The summed E-state index contributed by atoms with van der Waals surface area (Å²) in [6.07, 6.45) is 2.59. The Hall–Kier alpha value is -0.850. The summed E-state index contributed by atoms with van der Waals surface area (Å²) in [6, 6.07) is 0. The van der Waals surface area contributed by atoms with Crippen molar-refractivity contribution < 1.29 is 23.2 Å². The first-order chi connectivity index (χ1) is 5.35. The summed E-state index contributed by atoms with van der Waals surface area (Å²) in [5.74, 6) is -0.136. The molecule has 0 amide bonds. The highest BCUT2D eigenvalue weighted by molar-refractivity contribution is 7.87. The Labute approximate surface area is 69.4 Å². The molecule has 0 aromatic rings. The van der Waals surface area contributed by atoms with Gasteiger partial charge in [-0.1, -0.05) is 0 Å². The number of hydrogen-bond donors (Lipinski definition) is 3. The van der Waals surface area contributed by atoms with Crippen LogP contribution < -0.4 is 0 Å². The quantitative estimate of drug-likeness (QED) is 0.507. The average Bonchev–Trinajstić information content (AvgIpc) is 1.93. The lowest BCUT2D eigenvalue weighted by Gasteiger charge is -2.21. The zero-order valence-corrected chi connectivity index (χ0v) is 6.82. The van der Waals surface area contributed by atoms with Gasteiger partial charge < -0.3 is 10.2 Å². The molecule has 0 fully saturated rings. The van der Waals surface area contributed by atoms with Crippen LogP contribution in [0.3, 0.4) is 0 Å². The number of rotatable bonds is 1. The Kier molecular flexibility index (Phi) is 1.99. The minimum Gasteiger partial charge on any atom is -0.508 e. The van der Waals surface area contributed by atoms with E-state index in [-0.39, 0.29) is 12.2 Å². The maximum atomic E-state index is 10.6. The smallest absolute Gasteiger partial charge is 0.299 e. The van der Waals surface area contributed by atoms with Gasteiger partial charge in [-0.2, -0.15) is 8.42 Å². The molecule has 0 saturated carbocycles. The van der Waals surface area contributed by atoms with Crippen molar-refractivity contribution in [2.75, 3.05) is 0 Å². The van der Waals surface area contributed by atoms with Crippen LogP contribution in [0.1, 0.15) is 6.42 Å². The lowest BCUT2D eigenvalue weighted by atomic mass is 10.1. The lowest BCUT2D eigenvalue weighted by Crippen LogP contribution is -2.36. The molecule has 0 aromatic carbocycles. The summed E-state index contributed by atoms with van der Waals surface area (Å²) in [5, 5.41) is 18.0. The van der Waals surface area contributed by atoms with Gasteiger partial charge in [-0.05, 0) is 18.2 Å². The molecule has 12 heavy (non-hydrogen) atoms. The Bertz CT molecular complexity index is 339. The van der Waals surface area contributed by atoms with Gasteiger partial charge in [-0.3, -0.25) is 4.55 Å². The minimum absolute atomic E-state index is 0.136. The minimum atomic E-state index is -4.54. The fraction of sp³-hybridized carbons (Fsp3) is 0.333. The highest BCUT2D eigenvalue weighted by Gasteiger charge is 2.38. The second-order valence-corrected chi connectivity index (χ2v) is 4.14. The lowest BCUT2D eigenvalue weighted by molar-refractivity contribution is 0.160. The molecule has 1 aliphatic rings. The van der Waals surface area contributed by atoms with Crippen molar-refractivity contribution in [3.8, 4) is 0 Å². The molecule has 0 aliphatic heterocycles. The number of aliphatic hydroxyl groups is 2. The van der Waals surface area contributed by atoms with Crippen molar-refractivity contribution in [3.63, 3.8) is 0 Å². The maximum Gasteiger partial charge on any atom is 0.299 e. The first-order valence-electron chi connectivity index (χ1n) is 3.13. The normalized spacial score (nSPS) is 30.0. The Morgan fingerprint density at radius 3 is 2.42 bits per heavy atom. The van der Waals surface area contributed by atoms with Gasteiger partial charge in [-0.15, -0.1) is 0 Å². The van der Waals surface area contributed by atoms with E-state index in [1.165, 1.54) is 0 Å². The van der Waals surface area contributed by atoms with Crippen molar-refractivity contribution in [1.29, 1.82) is 0 Å². The molecule has 0 bridgehead atoms. The summed E-state index contributed by atoms with van der Waals surface area (Å²) in [6.45, 7) is 0. The molecule has 5 nitrogen and oxygen atoms in total. The predicted molar refractivity (Wildman–Crippen MR) is 41.0 cm³/mol. The zero-order chi connectivity index (χ0) is 9.41. The van der Waals surface area contributed by atoms with E-state index < -0.39 is 15.1 Å². The summed E-state index contributed by atoms with van der Waals surface area (Å²) < 4.78 is 29.7. The van der Waals surface area contributed by atoms with E-state index in [0.29, 0.717) is 0 Å². The molecule has 0 radical (unpaired) electrons. The first kappa shape index (κ1) is 9.24. The Morgan fingerprint density at radius 2 is 2.08 bits per heavy atom. The second kappa shape index (κ2) is 2.58. The van der Waals surface area contributed by atoms with Gasteiger partial charge in [0, 0.05) is 6.42 Å². The van der Waals surface area contributed by atoms with Gasteiger partial charge in [0.25, 0.3) is 10.1 Å². The van der Waals surface area contributed by atoms with E-state index >= 15 is 0 Å². The highest BCUT2D eigenvalue weighted by Crippen LogP contribution is 2.24. The van der Waals surface area contributed by atoms with Crippen LogP contribution >= 0.6 is 0 Å². The molecular weight excluding hydrogens is 184 g/mol. The molecule has 0 aromatic heterocycles. The third-order valence-corrected chi connectivity index (χ3v) is 2.76. The van der Waals surface area contributed by atoms with E-state index in [9.17, 15) is 13.5 Å². The average molecular weight is 192 g/mol. The zero-order valence-electron chi connectivity index (χ0n) is 6.01. The van der Waals surface area contributed by atoms with Crippen LogP contribution in [0.4, 0.5) is 0 Å². The van der Waals surface area contributed by atoms with Crippen LogP contribution in [0.25, 0.3) is 0 Å². The van der Waals surface area contributed by atoms with Gasteiger partial charge in [-0.25, -0.2) is 0 Å². The molecule has 1 rings (SSSR count). The van der Waals surface area contributed by atoms with Crippen molar-refractivity contribution >= 4 is 10.1 Å². The largest absolute Gasteiger partial charge is 0.508 e. The van der Waals surface area contributed by atoms with E-state index in [2.05, 4.69) is 0 Å². The summed E-state index contributed by atoms with van der Waals surface area (Å²) in [7, 11) is -4.54. The molecule has 0 spiro atoms. The SMILES string of the molecule is O=S(=O)(O)C1(O)C=CC(O)=CC1. The van der Waals surface area contributed by atoms with Crippen LogP contribution in [0.2, 0.25) is 0 Å². The second-order valence-electron chi connectivity index (χ2n) is 2.49. The topological polar surface area (TPSA) is 94.8 Å². The molecule has 3 N–H and O–H groups in total. The molecule has 1 unspecified atom stereocenters. The predicted octanol–water partition coefficient (Wildman–Crippen LogP) is -0.0354. The first-order valence-corrected chi connectivity index (χ1v) is 4.57. The molecule has 1 aliphatic carbocycles. The summed E-state index contributed by atoms with van der Waals surface area (Å²) in [4.78, 5) is -2.29. The summed E-state index contributed by atoms with van der Waals surface area (Å²) in [5.41, 5.74) is 0. The molecular formula is C6H8O5S.